The maximum Gasteiger partial charge on any atom is 0.314 e. The van der Waals surface area contributed by atoms with Crippen LogP contribution in [0.25, 0.3) is 10.4 Å². The van der Waals surface area contributed by atoms with Crippen LogP contribution in [0.4, 0.5) is 4.79 Å². The summed E-state index contributed by atoms with van der Waals surface area (Å²) in [6.45, 7) is 2.54. The zero-order valence-corrected chi connectivity index (χ0v) is 14.4. The van der Waals surface area contributed by atoms with Crippen LogP contribution in [0.15, 0.2) is 34.3 Å². The van der Waals surface area contributed by atoms with Gasteiger partial charge in [-0.05, 0) is 31.5 Å². The molecule has 0 bridgehead atoms. The number of rotatable bonds is 7. The van der Waals surface area contributed by atoms with E-state index in [-0.39, 0.29) is 11.4 Å². The fraction of sp³-hybridized carbons (Fsp3) is 0.429. The minimum atomic E-state index is -4.08. The topological polar surface area (TPSA) is 141 Å². The Morgan fingerprint density at radius 1 is 1.29 bits per heavy atom. The number of amides is 2. The number of azide groups is 1. The highest BCUT2D eigenvalue weighted by Gasteiger charge is 2.38. The molecule has 0 saturated carbocycles. The van der Waals surface area contributed by atoms with Gasteiger partial charge in [-0.1, -0.05) is 22.8 Å². The molecule has 0 radical (unpaired) electrons. The molecule has 0 heterocycles. The Labute approximate surface area is 140 Å². The van der Waals surface area contributed by atoms with Crippen molar-refractivity contribution in [2.24, 2.45) is 5.11 Å². The summed E-state index contributed by atoms with van der Waals surface area (Å²) in [7, 11) is -2.73. The van der Waals surface area contributed by atoms with Crippen molar-refractivity contribution in [3.05, 3.63) is 40.3 Å². The number of nitrogens with one attached hydrogen (secondary N) is 2. The molecule has 2 N–H and O–H groups in total. The number of ketones is 1. The molecule has 2 amide bonds. The highest BCUT2D eigenvalue weighted by atomic mass is 32.2. The van der Waals surface area contributed by atoms with Gasteiger partial charge < -0.3 is 10.6 Å². The van der Waals surface area contributed by atoms with Crippen molar-refractivity contribution in [2.75, 3.05) is 13.6 Å². The first kappa shape index (κ1) is 19.5. The number of sulfone groups is 1. The largest absolute Gasteiger partial charge is 0.341 e. The fourth-order valence-corrected chi connectivity index (χ4v) is 4.01. The van der Waals surface area contributed by atoms with Crippen LogP contribution < -0.4 is 10.6 Å². The third-order valence-electron chi connectivity index (χ3n) is 3.34. The second-order valence-electron chi connectivity index (χ2n) is 5.13. The van der Waals surface area contributed by atoms with Crippen LogP contribution in [0.1, 0.15) is 12.5 Å². The first-order valence-corrected chi connectivity index (χ1v) is 8.58. The van der Waals surface area contributed by atoms with Gasteiger partial charge in [-0.3, -0.25) is 4.79 Å². The van der Waals surface area contributed by atoms with E-state index in [1.807, 2.05) is 0 Å². The van der Waals surface area contributed by atoms with Crippen LogP contribution in [-0.4, -0.2) is 45.1 Å². The van der Waals surface area contributed by atoms with Gasteiger partial charge >= 0.3 is 6.03 Å². The molecule has 1 aromatic rings. The van der Waals surface area contributed by atoms with Gasteiger partial charge in [0.05, 0.1) is 10.9 Å². The van der Waals surface area contributed by atoms with Crippen molar-refractivity contribution in [2.45, 2.75) is 30.0 Å². The zero-order chi connectivity index (χ0) is 18.3. The molecule has 0 spiro atoms. The molecule has 9 nitrogen and oxygen atoms in total. The quantitative estimate of drug-likeness (QED) is 0.433. The summed E-state index contributed by atoms with van der Waals surface area (Å²) >= 11 is 0. The maximum atomic E-state index is 12.8. The van der Waals surface area contributed by atoms with E-state index in [0.29, 0.717) is 0 Å². The first-order valence-electron chi connectivity index (χ1n) is 7.04. The summed E-state index contributed by atoms with van der Waals surface area (Å²) in [5.41, 5.74) is 9.34. The average molecular weight is 353 g/mol. The van der Waals surface area contributed by atoms with Crippen LogP contribution in [0.3, 0.4) is 0 Å². The van der Waals surface area contributed by atoms with E-state index in [9.17, 15) is 18.0 Å². The lowest BCUT2D eigenvalue weighted by atomic mass is 10.1. The molecule has 0 saturated heterocycles. The number of benzene rings is 1. The molecular formula is C14H19N5O4S. The van der Waals surface area contributed by atoms with Crippen molar-refractivity contribution >= 4 is 21.7 Å². The molecule has 2 unspecified atom stereocenters. The number of nitrogens with zero attached hydrogens (tertiary/aromatic N) is 3. The third-order valence-corrected chi connectivity index (χ3v) is 5.59. The number of carbonyl (C=O) groups excluding carboxylic acids is 2. The van der Waals surface area contributed by atoms with Gasteiger partial charge in [0.1, 0.15) is 11.0 Å². The summed E-state index contributed by atoms with van der Waals surface area (Å²) in [5, 5.41) is 6.37. The SMILES string of the molecule is CNC(=O)NC(CN=[N+]=[N-])C(C(C)=O)S(=O)(=O)c1ccc(C)cc1. The van der Waals surface area contributed by atoms with Gasteiger partial charge in [0, 0.05) is 18.5 Å². The molecule has 2 atom stereocenters. The molecule has 0 aromatic heterocycles. The predicted octanol–water partition coefficient (Wildman–Crippen LogP) is 1.33. The molecule has 1 rings (SSSR count). The first-order chi connectivity index (χ1) is 11.2. The van der Waals surface area contributed by atoms with Crippen LogP contribution in [-0.2, 0) is 14.6 Å². The normalized spacial score (nSPS) is 13.3. The van der Waals surface area contributed by atoms with E-state index in [4.69, 9.17) is 5.53 Å². The molecule has 0 fully saturated rings. The number of Topliss-reactive ketones (excluding diaryl/α,β-unsaturated/α-hetero) is 1. The van der Waals surface area contributed by atoms with Crippen LogP contribution in [0, 0.1) is 6.92 Å². The molecule has 0 aliphatic heterocycles. The van der Waals surface area contributed by atoms with Crippen LogP contribution in [0.2, 0.25) is 0 Å². The van der Waals surface area contributed by atoms with E-state index in [2.05, 4.69) is 20.7 Å². The second kappa shape index (κ2) is 8.32. The predicted molar refractivity (Wildman–Crippen MR) is 88.2 cm³/mol. The Kier molecular flexibility index (Phi) is 6.75. The van der Waals surface area contributed by atoms with Gasteiger partial charge in [-0.25, -0.2) is 13.2 Å². The number of aryl methyl sites for hydroxylation is 1. The lowest BCUT2D eigenvalue weighted by Gasteiger charge is -2.25. The van der Waals surface area contributed by atoms with E-state index in [1.165, 1.54) is 19.2 Å². The van der Waals surface area contributed by atoms with Crippen molar-refractivity contribution in [3.63, 3.8) is 0 Å². The Hall–Kier alpha value is -2.58. The average Bonchev–Trinajstić information content (AvgIpc) is 2.52. The molecule has 0 aliphatic rings. The zero-order valence-electron chi connectivity index (χ0n) is 13.6. The number of carbonyl (C=O) groups is 2. The lowest BCUT2D eigenvalue weighted by Crippen LogP contribution is -2.53. The van der Waals surface area contributed by atoms with E-state index in [0.717, 1.165) is 12.5 Å². The summed E-state index contributed by atoms with van der Waals surface area (Å²) in [4.78, 5) is 26.1. The highest BCUT2D eigenvalue weighted by Crippen LogP contribution is 2.20. The van der Waals surface area contributed by atoms with Gasteiger partial charge in [0.15, 0.2) is 9.84 Å². The summed E-state index contributed by atoms with van der Waals surface area (Å²) < 4.78 is 25.7. The minimum Gasteiger partial charge on any atom is -0.341 e. The second-order valence-corrected chi connectivity index (χ2v) is 7.20. The summed E-state index contributed by atoms with van der Waals surface area (Å²) in [6.07, 6.45) is 0. The van der Waals surface area contributed by atoms with Crippen molar-refractivity contribution in [3.8, 4) is 0 Å². The molecular weight excluding hydrogens is 334 g/mol. The standard InChI is InChI=1S/C14H19N5O4S/c1-9-4-6-11(7-5-9)24(22,23)13(10(2)20)12(8-17-19-15)18-14(21)16-3/h4-7,12-13H,8H2,1-3H3,(H2,16,18,21). The van der Waals surface area contributed by atoms with E-state index >= 15 is 0 Å². The molecule has 130 valence electrons. The molecule has 24 heavy (non-hydrogen) atoms. The third kappa shape index (κ3) is 4.71. The fourth-order valence-electron chi connectivity index (χ4n) is 2.17. The van der Waals surface area contributed by atoms with Gasteiger partial charge in [-0.15, -0.1) is 0 Å². The highest BCUT2D eigenvalue weighted by molar-refractivity contribution is 7.92. The van der Waals surface area contributed by atoms with Crippen molar-refractivity contribution < 1.29 is 18.0 Å². The Balaban J connectivity index is 3.34. The van der Waals surface area contributed by atoms with Gasteiger partial charge in [-0.2, -0.15) is 0 Å². The monoisotopic (exact) mass is 353 g/mol. The summed E-state index contributed by atoms with van der Waals surface area (Å²) in [6, 6.07) is 4.14. The smallest absolute Gasteiger partial charge is 0.314 e. The Morgan fingerprint density at radius 3 is 2.33 bits per heavy atom. The minimum absolute atomic E-state index is 0.0436. The van der Waals surface area contributed by atoms with Crippen LogP contribution in [0.5, 0.6) is 0 Å². The van der Waals surface area contributed by atoms with Crippen molar-refractivity contribution in [1.29, 1.82) is 0 Å². The van der Waals surface area contributed by atoms with Crippen molar-refractivity contribution in [1.82, 2.24) is 10.6 Å². The van der Waals surface area contributed by atoms with Crippen LogP contribution >= 0.6 is 0 Å². The Morgan fingerprint density at radius 2 is 1.88 bits per heavy atom. The van der Waals surface area contributed by atoms with E-state index in [1.54, 1.807) is 19.1 Å². The molecule has 0 aliphatic carbocycles. The molecule has 10 heteroatoms. The lowest BCUT2D eigenvalue weighted by molar-refractivity contribution is -0.117. The van der Waals surface area contributed by atoms with E-state index < -0.39 is 32.9 Å². The number of hydrogen-bond donors (Lipinski definition) is 2. The maximum absolute atomic E-state index is 12.8. The molecule has 1 aromatic carbocycles. The Bertz CT molecular complexity index is 754. The number of hydrogen-bond acceptors (Lipinski definition) is 5. The number of urea groups is 1. The van der Waals surface area contributed by atoms with Gasteiger partial charge in [0.25, 0.3) is 0 Å². The van der Waals surface area contributed by atoms with Gasteiger partial charge in [0.2, 0.25) is 0 Å². The summed E-state index contributed by atoms with van der Waals surface area (Å²) in [5.74, 6) is -0.662.